The van der Waals surface area contributed by atoms with Gasteiger partial charge in [-0.25, -0.2) is 0 Å². The molecule has 3 aliphatic rings. The fraction of sp³-hybridized carbons (Fsp3) is 0.615. The fourth-order valence-corrected chi connectivity index (χ4v) is 3.00. The first-order chi connectivity index (χ1) is 7.36. The van der Waals surface area contributed by atoms with Crippen molar-refractivity contribution in [3.63, 3.8) is 0 Å². The molecule has 0 spiro atoms. The molecule has 0 N–H and O–H groups in total. The minimum absolute atomic E-state index is 0.261. The second kappa shape index (κ2) is 3.60. The van der Waals surface area contributed by atoms with E-state index in [2.05, 4.69) is 12.2 Å². The van der Waals surface area contributed by atoms with Crippen LogP contribution in [0, 0.1) is 5.92 Å². The number of rotatable bonds is 0. The van der Waals surface area contributed by atoms with Crippen molar-refractivity contribution >= 4 is 5.78 Å². The Morgan fingerprint density at radius 1 is 1.33 bits per heavy atom. The van der Waals surface area contributed by atoms with Crippen LogP contribution in [0.1, 0.15) is 32.1 Å². The molecule has 2 atom stereocenters. The van der Waals surface area contributed by atoms with Crippen LogP contribution in [-0.2, 0) is 9.53 Å². The lowest BCUT2D eigenvalue weighted by molar-refractivity contribution is -0.115. The summed E-state index contributed by atoms with van der Waals surface area (Å²) in [5, 5.41) is 0. The molecule has 0 aromatic heterocycles. The Morgan fingerprint density at radius 3 is 3.20 bits per heavy atom. The number of hydrogen-bond acceptors (Lipinski definition) is 2. The summed E-state index contributed by atoms with van der Waals surface area (Å²) in [7, 11) is 0. The Balaban J connectivity index is 1.99. The Morgan fingerprint density at radius 2 is 2.27 bits per heavy atom. The molecule has 2 aliphatic carbocycles. The van der Waals surface area contributed by atoms with E-state index >= 15 is 0 Å². The van der Waals surface area contributed by atoms with Crippen molar-refractivity contribution < 1.29 is 9.53 Å². The number of hydrogen-bond donors (Lipinski definition) is 0. The fourth-order valence-electron chi connectivity index (χ4n) is 3.00. The molecule has 1 saturated heterocycles. The zero-order valence-electron chi connectivity index (χ0n) is 8.87. The molecule has 0 bridgehead atoms. The van der Waals surface area contributed by atoms with Gasteiger partial charge in [0.1, 0.15) is 0 Å². The van der Waals surface area contributed by atoms with Gasteiger partial charge in [-0.1, -0.05) is 12.2 Å². The molecule has 80 valence electrons. The lowest BCUT2D eigenvalue weighted by Crippen LogP contribution is -2.09. The highest BCUT2D eigenvalue weighted by Gasteiger charge is 2.40. The molecule has 15 heavy (non-hydrogen) atoms. The molecule has 1 heterocycles. The van der Waals surface area contributed by atoms with E-state index in [1.54, 1.807) is 0 Å². The molecule has 1 unspecified atom stereocenters. The Hall–Kier alpha value is -0.890. The van der Waals surface area contributed by atoms with Gasteiger partial charge >= 0.3 is 0 Å². The molecule has 1 fully saturated rings. The van der Waals surface area contributed by atoms with Crippen molar-refractivity contribution in [2.24, 2.45) is 5.92 Å². The van der Waals surface area contributed by atoms with Crippen LogP contribution in [0.15, 0.2) is 23.3 Å². The van der Waals surface area contributed by atoms with Crippen LogP contribution in [-0.4, -0.2) is 18.5 Å². The highest BCUT2D eigenvalue weighted by atomic mass is 16.5. The smallest absolute Gasteiger partial charge is 0.159 e. The van der Waals surface area contributed by atoms with Crippen molar-refractivity contribution in [3.8, 4) is 0 Å². The third-order valence-corrected chi connectivity index (χ3v) is 3.73. The van der Waals surface area contributed by atoms with Crippen LogP contribution in [0.2, 0.25) is 0 Å². The number of ether oxygens (including phenoxy) is 1. The zero-order valence-corrected chi connectivity index (χ0v) is 8.87. The largest absolute Gasteiger partial charge is 0.373 e. The molecular weight excluding hydrogens is 188 g/mol. The van der Waals surface area contributed by atoms with E-state index in [1.165, 1.54) is 12.0 Å². The van der Waals surface area contributed by atoms with Gasteiger partial charge in [-0.05, 0) is 31.3 Å². The Kier molecular flexibility index (Phi) is 2.24. The normalized spacial score (nSPS) is 37.2. The third kappa shape index (κ3) is 1.48. The molecule has 0 amide bonds. The second-order valence-corrected chi connectivity index (χ2v) is 4.69. The van der Waals surface area contributed by atoms with Crippen LogP contribution in [0.25, 0.3) is 0 Å². The van der Waals surface area contributed by atoms with Crippen molar-refractivity contribution in [1.82, 2.24) is 0 Å². The topological polar surface area (TPSA) is 26.3 Å². The van der Waals surface area contributed by atoms with Crippen LogP contribution in [0.3, 0.4) is 0 Å². The van der Waals surface area contributed by atoms with Gasteiger partial charge in [0, 0.05) is 17.9 Å². The molecule has 2 nitrogen and oxygen atoms in total. The van der Waals surface area contributed by atoms with Gasteiger partial charge in [-0.3, -0.25) is 4.79 Å². The second-order valence-electron chi connectivity index (χ2n) is 4.69. The number of Topliss-reactive ketones (excluding diaryl/α,β-unsaturated/α-hetero) is 1. The predicted octanol–water partition coefficient (Wildman–Crippen LogP) is 2.40. The summed E-state index contributed by atoms with van der Waals surface area (Å²) < 4.78 is 5.79. The van der Waals surface area contributed by atoms with Gasteiger partial charge in [0.15, 0.2) is 5.78 Å². The first kappa shape index (κ1) is 9.34. The highest BCUT2D eigenvalue weighted by molar-refractivity contribution is 5.99. The Labute approximate surface area is 90.0 Å². The first-order valence-corrected chi connectivity index (χ1v) is 5.89. The molecule has 0 radical (unpaired) electrons. The highest BCUT2D eigenvalue weighted by Crippen LogP contribution is 2.41. The van der Waals surface area contributed by atoms with E-state index in [-0.39, 0.29) is 6.10 Å². The van der Waals surface area contributed by atoms with E-state index in [4.69, 9.17) is 4.74 Å². The van der Waals surface area contributed by atoms with Crippen LogP contribution in [0.5, 0.6) is 0 Å². The molecular formula is C13H16O2. The van der Waals surface area contributed by atoms with Gasteiger partial charge < -0.3 is 4.74 Å². The van der Waals surface area contributed by atoms with Gasteiger partial charge in [0.05, 0.1) is 12.7 Å². The summed E-state index contributed by atoms with van der Waals surface area (Å²) in [5.74, 6) is 0.791. The van der Waals surface area contributed by atoms with E-state index in [0.29, 0.717) is 18.1 Å². The summed E-state index contributed by atoms with van der Waals surface area (Å²) in [6, 6.07) is 0. The maximum absolute atomic E-state index is 11.8. The van der Waals surface area contributed by atoms with Crippen LogP contribution in [0.4, 0.5) is 0 Å². The zero-order chi connectivity index (χ0) is 10.3. The SMILES string of the molecule is O=C1CC2CO[C@H]3CCC/C=C\CC1=C23. The van der Waals surface area contributed by atoms with E-state index in [0.717, 1.165) is 31.4 Å². The maximum atomic E-state index is 11.8. The molecule has 1 aliphatic heterocycles. The molecule has 0 aromatic rings. The van der Waals surface area contributed by atoms with Crippen molar-refractivity contribution in [2.45, 2.75) is 38.2 Å². The van der Waals surface area contributed by atoms with Gasteiger partial charge in [0.25, 0.3) is 0 Å². The minimum atomic E-state index is 0.261. The first-order valence-electron chi connectivity index (χ1n) is 5.89. The van der Waals surface area contributed by atoms with Crippen LogP contribution >= 0.6 is 0 Å². The summed E-state index contributed by atoms with van der Waals surface area (Å²) >= 11 is 0. The van der Waals surface area contributed by atoms with E-state index < -0.39 is 0 Å². The van der Waals surface area contributed by atoms with Gasteiger partial charge in [-0.2, -0.15) is 0 Å². The molecule has 0 saturated carbocycles. The molecule has 0 aromatic carbocycles. The average molecular weight is 204 g/mol. The molecule has 3 rings (SSSR count). The average Bonchev–Trinajstić information content (AvgIpc) is 2.74. The minimum Gasteiger partial charge on any atom is -0.373 e. The molecule has 2 heteroatoms. The summed E-state index contributed by atoms with van der Waals surface area (Å²) in [4.78, 5) is 11.8. The van der Waals surface area contributed by atoms with Crippen molar-refractivity contribution in [1.29, 1.82) is 0 Å². The number of carbonyl (C=O) groups is 1. The predicted molar refractivity (Wildman–Crippen MR) is 57.5 cm³/mol. The standard InChI is InChI=1S/C13H16O2/c14-11-7-9-8-15-12-6-4-2-1-3-5-10(11)13(9)12/h1,3,9,12H,2,4-8H2/b3-1-/t9?,12-/m0/s1. The summed E-state index contributed by atoms with van der Waals surface area (Å²) in [5.41, 5.74) is 2.42. The Bertz CT molecular complexity index is 352. The monoisotopic (exact) mass is 204 g/mol. The van der Waals surface area contributed by atoms with E-state index in [9.17, 15) is 4.79 Å². The number of carbonyl (C=O) groups excluding carboxylic acids is 1. The van der Waals surface area contributed by atoms with E-state index in [1.807, 2.05) is 0 Å². The number of ketones is 1. The summed E-state index contributed by atoms with van der Waals surface area (Å²) in [6.07, 6.45) is 9.56. The maximum Gasteiger partial charge on any atom is 0.159 e. The third-order valence-electron chi connectivity index (χ3n) is 3.73. The van der Waals surface area contributed by atoms with Crippen molar-refractivity contribution in [2.75, 3.05) is 6.61 Å². The number of allylic oxidation sites excluding steroid dienone is 3. The quantitative estimate of drug-likeness (QED) is 0.566. The van der Waals surface area contributed by atoms with Crippen LogP contribution < -0.4 is 0 Å². The van der Waals surface area contributed by atoms with Gasteiger partial charge in [0.2, 0.25) is 0 Å². The lowest BCUT2D eigenvalue weighted by atomic mass is 9.96. The summed E-state index contributed by atoms with van der Waals surface area (Å²) in [6.45, 7) is 0.777. The van der Waals surface area contributed by atoms with Gasteiger partial charge in [-0.15, -0.1) is 0 Å². The van der Waals surface area contributed by atoms with Crippen molar-refractivity contribution in [3.05, 3.63) is 23.3 Å². The lowest BCUT2D eigenvalue weighted by Gasteiger charge is -2.11.